The Morgan fingerprint density at radius 3 is 2.23 bits per heavy atom. The highest BCUT2D eigenvalue weighted by Crippen LogP contribution is 1.91. The van der Waals surface area contributed by atoms with E-state index in [9.17, 15) is 4.79 Å². The van der Waals surface area contributed by atoms with Crippen molar-refractivity contribution in [2.75, 3.05) is 21.1 Å². The summed E-state index contributed by atoms with van der Waals surface area (Å²) in [7, 11) is 6.00. The number of pyridine rings is 1. The lowest BCUT2D eigenvalue weighted by Crippen LogP contribution is -2.10. The first-order valence-electron chi connectivity index (χ1n) is 3.84. The number of amides is 1. The summed E-state index contributed by atoms with van der Waals surface area (Å²) >= 11 is 0. The summed E-state index contributed by atoms with van der Waals surface area (Å²) in [5.41, 5.74) is 5.38. The molecule has 0 spiro atoms. The molecule has 1 heterocycles. The minimum absolute atomic E-state index is 0.442. The molecule has 0 saturated heterocycles. The number of nitrogens with zero attached hydrogens (tertiary/aromatic N) is 2. The first-order valence-corrected chi connectivity index (χ1v) is 3.84. The second kappa shape index (κ2) is 6.14. The molecule has 13 heavy (non-hydrogen) atoms. The Morgan fingerprint density at radius 2 is 2.00 bits per heavy atom. The summed E-state index contributed by atoms with van der Waals surface area (Å²) in [4.78, 5) is 16.1. The molecule has 0 aliphatic carbocycles. The summed E-state index contributed by atoms with van der Waals surface area (Å²) < 4.78 is 0. The van der Waals surface area contributed by atoms with Gasteiger partial charge in [0.25, 0.3) is 0 Å². The van der Waals surface area contributed by atoms with Gasteiger partial charge in [0.15, 0.2) is 0 Å². The van der Waals surface area contributed by atoms with Crippen LogP contribution < -0.4 is 5.73 Å². The van der Waals surface area contributed by atoms with Gasteiger partial charge in [-0.25, -0.2) is 0 Å². The van der Waals surface area contributed by atoms with Crippen molar-refractivity contribution in [1.29, 1.82) is 0 Å². The minimum Gasteiger partial charge on any atom is -0.366 e. The molecular formula is C9H15N3O. The monoisotopic (exact) mass is 181 g/mol. The molecular weight excluding hydrogens is 166 g/mol. The molecule has 1 aromatic heterocycles. The quantitative estimate of drug-likeness (QED) is 0.680. The van der Waals surface area contributed by atoms with E-state index in [4.69, 9.17) is 5.73 Å². The highest BCUT2D eigenvalue weighted by molar-refractivity contribution is 5.92. The van der Waals surface area contributed by atoms with E-state index in [-0.39, 0.29) is 0 Å². The highest BCUT2D eigenvalue weighted by Gasteiger charge is 1.94. The topological polar surface area (TPSA) is 59.2 Å². The molecule has 72 valence electrons. The molecule has 4 nitrogen and oxygen atoms in total. The van der Waals surface area contributed by atoms with Gasteiger partial charge in [-0.2, -0.15) is 0 Å². The Bertz CT molecular complexity index is 244. The van der Waals surface area contributed by atoms with Crippen molar-refractivity contribution in [3.05, 3.63) is 30.1 Å². The van der Waals surface area contributed by atoms with Crippen LogP contribution in [0.2, 0.25) is 0 Å². The summed E-state index contributed by atoms with van der Waals surface area (Å²) in [6.07, 6.45) is 3.02. The Kier molecular flexibility index (Phi) is 5.47. The van der Waals surface area contributed by atoms with Crippen LogP contribution in [0.4, 0.5) is 0 Å². The van der Waals surface area contributed by atoms with Crippen LogP contribution in [0, 0.1) is 0 Å². The molecule has 2 N–H and O–H groups in total. The van der Waals surface area contributed by atoms with Crippen LogP contribution >= 0.6 is 0 Å². The van der Waals surface area contributed by atoms with E-state index >= 15 is 0 Å². The highest BCUT2D eigenvalue weighted by atomic mass is 16.1. The Hall–Kier alpha value is -1.42. The zero-order valence-electron chi connectivity index (χ0n) is 8.19. The molecule has 4 heteroatoms. The van der Waals surface area contributed by atoms with Gasteiger partial charge >= 0.3 is 0 Å². The normalized spacial score (nSPS) is 8.92. The van der Waals surface area contributed by atoms with Gasteiger partial charge < -0.3 is 10.6 Å². The van der Waals surface area contributed by atoms with Gasteiger partial charge in [-0.3, -0.25) is 9.78 Å². The van der Waals surface area contributed by atoms with E-state index in [2.05, 4.69) is 4.98 Å². The SMILES string of the molecule is CN(C)C.NC(=O)c1cccnc1. The molecule has 0 aliphatic rings. The first kappa shape index (κ1) is 11.6. The van der Waals surface area contributed by atoms with Gasteiger partial charge in [0.2, 0.25) is 5.91 Å². The number of nitrogens with two attached hydrogens (primary N) is 1. The largest absolute Gasteiger partial charge is 0.366 e. The second-order valence-corrected chi connectivity index (χ2v) is 2.95. The zero-order valence-corrected chi connectivity index (χ0v) is 8.19. The third-order valence-corrected chi connectivity index (χ3v) is 0.946. The molecule has 0 unspecified atom stereocenters. The van der Waals surface area contributed by atoms with Gasteiger partial charge in [0.1, 0.15) is 0 Å². The molecule has 1 aromatic rings. The smallest absolute Gasteiger partial charge is 0.250 e. The van der Waals surface area contributed by atoms with E-state index in [1.165, 1.54) is 6.20 Å². The summed E-state index contributed by atoms with van der Waals surface area (Å²) in [6.45, 7) is 0. The molecule has 0 bridgehead atoms. The average Bonchev–Trinajstić information content (AvgIpc) is 2.05. The van der Waals surface area contributed by atoms with Crippen LogP contribution in [-0.4, -0.2) is 36.9 Å². The molecule has 0 radical (unpaired) electrons. The Balaban J connectivity index is 0.000000310. The molecule has 0 atom stereocenters. The molecule has 0 aliphatic heterocycles. The molecule has 1 rings (SSSR count). The van der Waals surface area contributed by atoms with Gasteiger partial charge in [-0.15, -0.1) is 0 Å². The molecule has 0 saturated carbocycles. The number of hydrogen-bond acceptors (Lipinski definition) is 3. The Morgan fingerprint density at radius 1 is 1.46 bits per heavy atom. The fraction of sp³-hybridized carbons (Fsp3) is 0.333. The van der Waals surface area contributed by atoms with E-state index in [1.807, 2.05) is 26.0 Å². The third-order valence-electron chi connectivity index (χ3n) is 0.946. The van der Waals surface area contributed by atoms with E-state index in [0.717, 1.165) is 0 Å². The molecule has 0 aromatic carbocycles. The predicted molar refractivity (Wildman–Crippen MR) is 52.4 cm³/mol. The lowest BCUT2D eigenvalue weighted by Gasteiger charge is -1.90. The zero-order chi connectivity index (χ0) is 10.3. The van der Waals surface area contributed by atoms with Crippen LogP contribution in [0.5, 0.6) is 0 Å². The van der Waals surface area contributed by atoms with Crippen molar-refractivity contribution in [3.8, 4) is 0 Å². The molecule has 1 amide bonds. The van der Waals surface area contributed by atoms with Crippen molar-refractivity contribution < 1.29 is 4.79 Å². The lowest BCUT2D eigenvalue weighted by molar-refractivity contribution is 0.1000. The standard InChI is InChI=1S/C6H6N2O.C3H9N/c7-6(9)5-2-1-3-8-4-5;1-4(2)3/h1-4H,(H2,7,9);1-3H3. The van der Waals surface area contributed by atoms with Crippen molar-refractivity contribution in [2.45, 2.75) is 0 Å². The van der Waals surface area contributed by atoms with Gasteiger partial charge in [-0.05, 0) is 33.3 Å². The summed E-state index contributed by atoms with van der Waals surface area (Å²) in [6, 6.07) is 3.29. The fourth-order valence-corrected chi connectivity index (χ4v) is 0.509. The third kappa shape index (κ3) is 6.96. The number of primary amides is 1. The molecule has 0 fully saturated rings. The number of carbonyl (C=O) groups excluding carboxylic acids is 1. The van der Waals surface area contributed by atoms with Crippen LogP contribution in [0.1, 0.15) is 10.4 Å². The number of carbonyl (C=O) groups is 1. The van der Waals surface area contributed by atoms with Crippen LogP contribution in [0.15, 0.2) is 24.5 Å². The van der Waals surface area contributed by atoms with Gasteiger partial charge in [-0.1, -0.05) is 0 Å². The van der Waals surface area contributed by atoms with Crippen molar-refractivity contribution >= 4 is 5.91 Å². The predicted octanol–water partition coefficient (Wildman–Crippen LogP) is 0.358. The van der Waals surface area contributed by atoms with Gasteiger partial charge in [0, 0.05) is 12.4 Å². The number of rotatable bonds is 1. The average molecular weight is 181 g/mol. The lowest BCUT2D eigenvalue weighted by atomic mass is 10.3. The van der Waals surface area contributed by atoms with E-state index < -0.39 is 5.91 Å². The number of hydrogen-bond donors (Lipinski definition) is 1. The summed E-state index contributed by atoms with van der Waals surface area (Å²) in [5, 5.41) is 0. The first-order chi connectivity index (χ1) is 6.04. The van der Waals surface area contributed by atoms with Crippen molar-refractivity contribution in [2.24, 2.45) is 5.73 Å². The van der Waals surface area contributed by atoms with Crippen molar-refractivity contribution in [3.63, 3.8) is 0 Å². The van der Waals surface area contributed by atoms with Crippen LogP contribution in [0.25, 0.3) is 0 Å². The second-order valence-electron chi connectivity index (χ2n) is 2.95. The van der Waals surface area contributed by atoms with Crippen LogP contribution in [0.3, 0.4) is 0 Å². The maximum Gasteiger partial charge on any atom is 0.250 e. The Labute approximate surface area is 78.4 Å². The van der Waals surface area contributed by atoms with E-state index in [1.54, 1.807) is 18.3 Å². The van der Waals surface area contributed by atoms with Crippen molar-refractivity contribution in [1.82, 2.24) is 9.88 Å². The maximum atomic E-state index is 10.4. The minimum atomic E-state index is -0.442. The number of aromatic nitrogens is 1. The fourth-order valence-electron chi connectivity index (χ4n) is 0.509. The van der Waals surface area contributed by atoms with Crippen LogP contribution in [-0.2, 0) is 0 Å². The van der Waals surface area contributed by atoms with Gasteiger partial charge in [0.05, 0.1) is 5.56 Å². The van der Waals surface area contributed by atoms with E-state index in [0.29, 0.717) is 5.56 Å². The summed E-state index contributed by atoms with van der Waals surface area (Å²) in [5.74, 6) is -0.442. The maximum absolute atomic E-state index is 10.4.